The standard InChI is InChI=1S/C12H15N3O2S/c1-15(2)10(16)7-14-12(17)9-5-3-4-8(6-9)11(13)18/h3-6H,7H2,1-2H3,(H2,13,18)(H,14,17). The van der Waals surface area contributed by atoms with E-state index in [2.05, 4.69) is 5.32 Å². The predicted octanol–water partition coefficient (Wildman–Crippen LogP) is 0.139. The van der Waals surface area contributed by atoms with E-state index in [9.17, 15) is 9.59 Å². The van der Waals surface area contributed by atoms with E-state index in [4.69, 9.17) is 18.0 Å². The molecule has 0 aliphatic rings. The smallest absolute Gasteiger partial charge is 0.251 e. The molecule has 0 aliphatic carbocycles. The molecule has 0 unspecified atom stereocenters. The summed E-state index contributed by atoms with van der Waals surface area (Å²) in [6.07, 6.45) is 0. The van der Waals surface area contributed by atoms with Crippen LogP contribution < -0.4 is 11.1 Å². The minimum Gasteiger partial charge on any atom is -0.389 e. The maximum Gasteiger partial charge on any atom is 0.251 e. The molecule has 96 valence electrons. The molecule has 5 nitrogen and oxygen atoms in total. The van der Waals surface area contributed by atoms with E-state index >= 15 is 0 Å². The highest BCUT2D eigenvalue weighted by Crippen LogP contribution is 2.05. The van der Waals surface area contributed by atoms with Crippen molar-refractivity contribution in [3.05, 3.63) is 35.4 Å². The van der Waals surface area contributed by atoms with Crippen LogP contribution in [0.3, 0.4) is 0 Å². The van der Waals surface area contributed by atoms with Gasteiger partial charge < -0.3 is 16.0 Å². The molecule has 0 aromatic heterocycles. The Bertz CT molecular complexity index is 486. The summed E-state index contributed by atoms with van der Waals surface area (Å²) in [5.74, 6) is -0.503. The number of nitrogens with two attached hydrogens (primary N) is 1. The monoisotopic (exact) mass is 265 g/mol. The zero-order valence-corrected chi connectivity index (χ0v) is 11.1. The fourth-order valence-electron chi connectivity index (χ4n) is 1.23. The van der Waals surface area contributed by atoms with Gasteiger partial charge in [0, 0.05) is 25.2 Å². The van der Waals surface area contributed by atoms with Crippen molar-refractivity contribution >= 4 is 29.0 Å². The third kappa shape index (κ3) is 3.81. The van der Waals surface area contributed by atoms with Crippen molar-refractivity contribution in [2.75, 3.05) is 20.6 Å². The van der Waals surface area contributed by atoms with Gasteiger partial charge in [-0.1, -0.05) is 24.4 Å². The second-order valence-corrected chi connectivity index (χ2v) is 4.36. The van der Waals surface area contributed by atoms with Crippen molar-refractivity contribution in [2.24, 2.45) is 5.73 Å². The lowest BCUT2D eigenvalue weighted by molar-refractivity contribution is -0.127. The summed E-state index contributed by atoms with van der Waals surface area (Å²) >= 11 is 4.83. The first kappa shape index (κ1) is 14.1. The summed E-state index contributed by atoms with van der Waals surface area (Å²) in [7, 11) is 3.25. The van der Waals surface area contributed by atoms with Crippen molar-refractivity contribution in [3.63, 3.8) is 0 Å². The Labute approximate surface area is 111 Å². The van der Waals surface area contributed by atoms with Gasteiger partial charge in [0.05, 0.1) is 6.54 Å². The number of likely N-dealkylation sites (N-methyl/N-ethyl adjacent to an activating group) is 1. The predicted molar refractivity (Wildman–Crippen MR) is 73.4 cm³/mol. The number of amides is 2. The second kappa shape index (κ2) is 6.11. The zero-order chi connectivity index (χ0) is 13.7. The molecule has 0 aliphatic heterocycles. The highest BCUT2D eigenvalue weighted by atomic mass is 32.1. The number of nitrogens with one attached hydrogen (secondary N) is 1. The van der Waals surface area contributed by atoms with Crippen LogP contribution in [0.4, 0.5) is 0 Å². The molecule has 0 bridgehead atoms. The summed E-state index contributed by atoms with van der Waals surface area (Å²) in [5, 5.41) is 2.53. The average Bonchev–Trinajstić information content (AvgIpc) is 2.35. The van der Waals surface area contributed by atoms with Crippen molar-refractivity contribution in [1.29, 1.82) is 0 Å². The number of carbonyl (C=O) groups excluding carboxylic acids is 2. The molecular weight excluding hydrogens is 250 g/mol. The molecule has 3 N–H and O–H groups in total. The molecule has 18 heavy (non-hydrogen) atoms. The van der Waals surface area contributed by atoms with Crippen LogP contribution in [0.1, 0.15) is 15.9 Å². The van der Waals surface area contributed by atoms with Gasteiger partial charge in [-0.15, -0.1) is 0 Å². The minimum atomic E-state index is -0.330. The Kier molecular flexibility index (Phi) is 4.79. The number of benzene rings is 1. The molecule has 2 amide bonds. The van der Waals surface area contributed by atoms with Gasteiger partial charge in [0.25, 0.3) is 5.91 Å². The normalized spacial score (nSPS) is 9.67. The van der Waals surface area contributed by atoms with E-state index in [1.54, 1.807) is 38.4 Å². The Morgan fingerprint density at radius 1 is 1.33 bits per heavy atom. The van der Waals surface area contributed by atoms with Crippen LogP contribution >= 0.6 is 12.2 Å². The molecule has 0 radical (unpaired) electrons. The van der Waals surface area contributed by atoms with Crippen LogP contribution in [0.25, 0.3) is 0 Å². The van der Waals surface area contributed by atoms with Crippen LogP contribution in [0.15, 0.2) is 24.3 Å². The summed E-state index contributed by atoms with van der Waals surface area (Å²) in [6, 6.07) is 6.65. The van der Waals surface area contributed by atoms with Gasteiger partial charge in [0.15, 0.2) is 0 Å². The largest absolute Gasteiger partial charge is 0.389 e. The van der Waals surface area contributed by atoms with Gasteiger partial charge in [-0.3, -0.25) is 9.59 Å². The van der Waals surface area contributed by atoms with E-state index in [1.165, 1.54) is 4.90 Å². The third-order valence-electron chi connectivity index (χ3n) is 2.31. The fourth-order valence-corrected chi connectivity index (χ4v) is 1.36. The Morgan fingerprint density at radius 2 is 1.94 bits per heavy atom. The lowest BCUT2D eigenvalue weighted by Gasteiger charge is -2.11. The second-order valence-electron chi connectivity index (χ2n) is 3.92. The van der Waals surface area contributed by atoms with Crippen LogP contribution in [0.2, 0.25) is 0 Å². The first-order valence-electron chi connectivity index (χ1n) is 5.30. The van der Waals surface area contributed by atoms with E-state index in [0.717, 1.165) is 0 Å². The van der Waals surface area contributed by atoms with Gasteiger partial charge in [-0.05, 0) is 12.1 Å². The molecular formula is C12H15N3O2S. The van der Waals surface area contributed by atoms with Gasteiger partial charge >= 0.3 is 0 Å². The molecule has 0 saturated heterocycles. The van der Waals surface area contributed by atoms with Crippen LogP contribution in [0, 0.1) is 0 Å². The topological polar surface area (TPSA) is 75.4 Å². The van der Waals surface area contributed by atoms with Gasteiger partial charge in [0.1, 0.15) is 4.99 Å². The number of nitrogens with zero attached hydrogens (tertiary/aromatic N) is 1. The number of carbonyl (C=O) groups is 2. The molecule has 0 fully saturated rings. The van der Waals surface area contributed by atoms with Crippen molar-refractivity contribution in [3.8, 4) is 0 Å². The maximum absolute atomic E-state index is 11.8. The van der Waals surface area contributed by atoms with E-state index in [0.29, 0.717) is 11.1 Å². The van der Waals surface area contributed by atoms with Gasteiger partial charge in [-0.2, -0.15) is 0 Å². The maximum atomic E-state index is 11.8. The highest BCUT2D eigenvalue weighted by Gasteiger charge is 2.10. The summed E-state index contributed by atoms with van der Waals surface area (Å²) in [5.41, 5.74) is 6.53. The minimum absolute atomic E-state index is 0.0386. The molecule has 0 saturated carbocycles. The first-order valence-corrected chi connectivity index (χ1v) is 5.71. The Hall–Kier alpha value is -1.95. The van der Waals surface area contributed by atoms with Crippen LogP contribution in [-0.4, -0.2) is 42.3 Å². The zero-order valence-electron chi connectivity index (χ0n) is 10.3. The molecule has 1 aromatic carbocycles. The molecule has 6 heteroatoms. The fraction of sp³-hybridized carbons (Fsp3) is 0.250. The van der Waals surface area contributed by atoms with E-state index in [1.807, 2.05) is 0 Å². The first-order chi connectivity index (χ1) is 8.41. The van der Waals surface area contributed by atoms with Gasteiger partial charge in [-0.25, -0.2) is 0 Å². The number of thiocarbonyl (C=S) groups is 1. The van der Waals surface area contributed by atoms with Crippen LogP contribution in [-0.2, 0) is 4.79 Å². The van der Waals surface area contributed by atoms with E-state index < -0.39 is 0 Å². The molecule has 1 rings (SSSR count). The molecule has 0 spiro atoms. The average molecular weight is 265 g/mol. The summed E-state index contributed by atoms with van der Waals surface area (Å²) < 4.78 is 0. The van der Waals surface area contributed by atoms with Crippen LogP contribution in [0.5, 0.6) is 0 Å². The molecule has 1 aromatic rings. The van der Waals surface area contributed by atoms with E-state index in [-0.39, 0.29) is 23.3 Å². The summed E-state index contributed by atoms with van der Waals surface area (Å²) in [6.45, 7) is -0.0386. The molecule has 0 atom stereocenters. The quantitative estimate of drug-likeness (QED) is 0.759. The lowest BCUT2D eigenvalue weighted by Crippen LogP contribution is -2.36. The van der Waals surface area contributed by atoms with Crippen molar-refractivity contribution < 1.29 is 9.59 Å². The Morgan fingerprint density at radius 3 is 2.50 bits per heavy atom. The SMILES string of the molecule is CN(C)C(=O)CNC(=O)c1cccc(C(N)=S)c1. The number of hydrogen-bond donors (Lipinski definition) is 2. The van der Waals surface area contributed by atoms with Crippen molar-refractivity contribution in [2.45, 2.75) is 0 Å². The lowest BCUT2D eigenvalue weighted by atomic mass is 10.1. The molecule has 0 heterocycles. The van der Waals surface area contributed by atoms with Crippen molar-refractivity contribution in [1.82, 2.24) is 10.2 Å². The number of hydrogen-bond acceptors (Lipinski definition) is 3. The highest BCUT2D eigenvalue weighted by molar-refractivity contribution is 7.80. The third-order valence-corrected chi connectivity index (χ3v) is 2.54. The summed E-state index contributed by atoms with van der Waals surface area (Å²) in [4.78, 5) is 24.7. The number of rotatable bonds is 4. The van der Waals surface area contributed by atoms with Gasteiger partial charge in [0.2, 0.25) is 5.91 Å². The Balaban J connectivity index is 2.70.